The Balaban J connectivity index is 1.67. The molecule has 0 saturated carbocycles. The molecule has 1 nitrogen and oxygen atoms in total. The van der Waals surface area contributed by atoms with Crippen LogP contribution in [0.4, 0.5) is 35.1 Å². The SMILES string of the molecule is Fc1cc(-c2ccc(I)cc2)ccc1-c1cc(F)c(C(F)(F)Oc2cc(F)c(F)c(F)c2)c(F)c1. The fourth-order valence-corrected chi connectivity index (χ4v) is 3.73. The lowest BCUT2D eigenvalue weighted by Crippen LogP contribution is -2.25. The van der Waals surface area contributed by atoms with Gasteiger partial charge in [-0.1, -0.05) is 24.3 Å². The maximum atomic E-state index is 14.8. The lowest BCUT2D eigenvalue weighted by Gasteiger charge is -2.20. The zero-order valence-corrected chi connectivity index (χ0v) is 19.3. The van der Waals surface area contributed by atoms with Gasteiger partial charge in [0.1, 0.15) is 28.8 Å². The standard InChI is InChI=1S/C25H11F8IO/c26-18-7-13(12-1-4-15(34)5-2-12)3-6-17(18)14-8-19(27)23(20(28)9-14)25(32,33)35-16-10-21(29)24(31)22(30)11-16/h1-11H. The minimum atomic E-state index is -4.74. The highest BCUT2D eigenvalue weighted by Gasteiger charge is 2.41. The van der Waals surface area contributed by atoms with Crippen LogP contribution in [0.2, 0.25) is 0 Å². The smallest absolute Gasteiger partial charge is 0.429 e. The van der Waals surface area contributed by atoms with Gasteiger partial charge in [0.15, 0.2) is 17.5 Å². The quantitative estimate of drug-likeness (QED) is 0.126. The molecule has 35 heavy (non-hydrogen) atoms. The van der Waals surface area contributed by atoms with E-state index in [1.54, 1.807) is 12.1 Å². The third kappa shape index (κ3) is 5.12. The summed E-state index contributed by atoms with van der Waals surface area (Å²) in [5.41, 5.74) is -1.32. The highest BCUT2D eigenvalue weighted by Crippen LogP contribution is 2.38. The first-order valence-electron chi connectivity index (χ1n) is 9.73. The Hall–Kier alpha value is -3.15. The summed E-state index contributed by atoms with van der Waals surface area (Å²) in [6.45, 7) is 0. The molecule has 4 rings (SSSR count). The molecule has 0 aliphatic carbocycles. The number of halogens is 9. The van der Waals surface area contributed by atoms with Crippen LogP contribution in [0.15, 0.2) is 66.7 Å². The Kier molecular flexibility index (Phi) is 6.76. The van der Waals surface area contributed by atoms with Gasteiger partial charge in [-0.25, -0.2) is 26.3 Å². The van der Waals surface area contributed by atoms with Crippen LogP contribution >= 0.6 is 22.6 Å². The van der Waals surface area contributed by atoms with Gasteiger partial charge in [0.2, 0.25) is 0 Å². The number of alkyl halides is 2. The highest BCUT2D eigenvalue weighted by molar-refractivity contribution is 14.1. The van der Waals surface area contributed by atoms with Crippen LogP contribution in [0.25, 0.3) is 22.3 Å². The maximum Gasteiger partial charge on any atom is 0.432 e. The van der Waals surface area contributed by atoms with E-state index in [1.807, 2.05) is 12.1 Å². The summed E-state index contributed by atoms with van der Waals surface area (Å²) in [5.74, 6) is -11.3. The molecule has 10 heteroatoms. The fraction of sp³-hybridized carbons (Fsp3) is 0.0400. The van der Waals surface area contributed by atoms with Crippen LogP contribution in [0.1, 0.15) is 5.56 Å². The molecule has 0 bridgehead atoms. The van der Waals surface area contributed by atoms with Crippen LogP contribution in [0.5, 0.6) is 5.75 Å². The second-order valence-electron chi connectivity index (χ2n) is 7.34. The molecule has 0 amide bonds. The molecule has 0 radical (unpaired) electrons. The lowest BCUT2D eigenvalue weighted by atomic mass is 9.98. The van der Waals surface area contributed by atoms with Gasteiger partial charge in [0.05, 0.1) is 0 Å². The fourth-order valence-electron chi connectivity index (χ4n) is 3.37. The third-order valence-corrected chi connectivity index (χ3v) is 5.71. The molecule has 4 aromatic carbocycles. The molecule has 4 aromatic rings. The van der Waals surface area contributed by atoms with E-state index < -0.39 is 52.3 Å². The van der Waals surface area contributed by atoms with E-state index >= 15 is 0 Å². The monoisotopic (exact) mass is 606 g/mol. The van der Waals surface area contributed by atoms with Gasteiger partial charge < -0.3 is 4.74 Å². The molecule has 0 aromatic heterocycles. The van der Waals surface area contributed by atoms with E-state index in [0.29, 0.717) is 23.3 Å². The van der Waals surface area contributed by atoms with E-state index in [0.717, 1.165) is 9.64 Å². The van der Waals surface area contributed by atoms with Gasteiger partial charge in [0.25, 0.3) is 0 Å². The minimum absolute atomic E-state index is 0.0983. The Morgan fingerprint density at radius 2 is 1.09 bits per heavy atom. The van der Waals surface area contributed by atoms with Crippen molar-refractivity contribution in [3.63, 3.8) is 0 Å². The molecule has 0 spiro atoms. The summed E-state index contributed by atoms with van der Waals surface area (Å²) in [6.07, 6.45) is -4.74. The van der Waals surface area contributed by atoms with Crippen LogP contribution < -0.4 is 4.74 Å². The van der Waals surface area contributed by atoms with Crippen molar-refractivity contribution in [2.24, 2.45) is 0 Å². The van der Waals surface area contributed by atoms with Gasteiger partial charge in [-0.2, -0.15) is 8.78 Å². The first kappa shape index (κ1) is 25.0. The van der Waals surface area contributed by atoms with Crippen molar-refractivity contribution in [3.8, 4) is 28.0 Å². The van der Waals surface area contributed by atoms with Crippen molar-refractivity contribution in [1.29, 1.82) is 0 Å². The van der Waals surface area contributed by atoms with Gasteiger partial charge >= 0.3 is 6.11 Å². The number of hydrogen-bond donors (Lipinski definition) is 0. The number of hydrogen-bond acceptors (Lipinski definition) is 1. The van der Waals surface area contributed by atoms with Crippen molar-refractivity contribution >= 4 is 22.6 Å². The Bertz CT molecular complexity index is 1370. The Morgan fingerprint density at radius 3 is 1.63 bits per heavy atom. The minimum Gasteiger partial charge on any atom is -0.429 e. The van der Waals surface area contributed by atoms with Gasteiger partial charge in [-0.05, 0) is 69.6 Å². The van der Waals surface area contributed by atoms with E-state index in [-0.39, 0.29) is 23.3 Å². The summed E-state index contributed by atoms with van der Waals surface area (Å²) >= 11 is 2.10. The van der Waals surface area contributed by atoms with Crippen LogP contribution in [0, 0.1) is 38.5 Å². The van der Waals surface area contributed by atoms with Crippen molar-refractivity contribution in [1.82, 2.24) is 0 Å². The predicted molar refractivity (Wildman–Crippen MR) is 121 cm³/mol. The molecule has 0 aliphatic heterocycles. The van der Waals surface area contributed by atoms with Gasteiger partial charge in [0, 0.05) is 21.3 Å². The molecule has 0 aliphatic rings. The van der Waals surface area contributed by atoms with Crippen LogP contribution in [0.3, 0.4) is 0 Å². The van der Waals surface area contributed by atoms with Crippen LogP contribution in [-0.4, -0.2) is 0 Å². The summed E-state index contributed by atoms with van der Waals surface area (Å²) in [4.78, 5) is 0. The second kappa shape index (κ2) is 9.48. The molecular formula is C25H11F8IO. The van der Waals surface area contributed by atoms with E-state index in [2.05, 4.69) is 27.3 Å². The molecule has 0 unspecified atom stereocenters. The predicted octanol–water partition coefficient (Wildman–Crippen LogP) is 8.59. The molecule has 0 heterocycles. The normalized spacial score (nSPS) is 11.6. The van der Waals surface area contributed by atoms with Crippen molar-refractivity contribution < 1.29 is 39.9 Å². The molecular weight excluding hydrogens is 595 g/mol. The Morgan fingerprint density at radius 1 is 0.571 bits per heavy atom. The van der Waals surface area contributed by atoms with Crippen LogP contribution in [-0.2, 0) is 6.11 Å². The average Bonchev–Trinajstić information content (AvgIpc) is 2.76. The highest BCUT2D eigenvalue weighted by atomic mass is 127. The largest absolute Gasteiger partial charge is 0.432 e. The molecule has 180 valence electrons. The summed E-state index contributed by atoms with van der Waals surface area (Å²) in [5, 5.41) is 0. The maximum absolute atomic E-state index is 14.8. The third-order valence-electron chi connectivity index (χ3n) is 4.99. The summed E-state index contributed by atoms with van der Waals surface area (Å²) in [6, 6.07) is 12.2. The Labute approximate surface area is 207 Å². The average molecular weight is 606 g/mol. The second-order valence-corrected chi connectivity index (χ2v) is 8.58. The van der Waals surface area contributed by atoms with E-state index in [4.69, 9.17) is 0 Å². The van der Waals surface area contributed by atoms with Crippen molar-refractivity contribution in [2.75, 3.05) is 0 Å². The first-order valence-corrected chi connectivity index (χ1v) is 10.8. The van der Waals surface area contributed by atoms with Gasteiger partial charge in [-0.3, -0.25) is 0 Å². The molecule has 0 fully saturated rings. The van der Waals surface area contributed by atoms with Crippen molar-refractivity contribution in [2.45, 2.75) is 6.11 Å². The number of benzene rings is 4. The molecule has 0 atom stereocenters. The van der Waals surface area contributed by atoms with E-state index in [1.165, 1.54) is 12.1 Å². The topological polar surface area (TPSA) is 9.23 Å². The zero-order valence-electron chi connectivity index (χ0n) is 17.2. The molecule has 0 saturated heterocycles. The van der Waals surface area contributed by atoms with Gasteiger partial charge in [-0.15, -0.1) is 0 Å². The first-order chi connectivity index (χ1) is 16.5. The number of ether oxygens (including phenoxy) is 1. The number of rotatable bonds is 5. The summed E-state index contributed by atoms with van der Waals surface area (Å²) in [7, 11) is 0. The summed E-state index contributed by atoms with van der Waals surface area (Å²) < 4.78 is 118. The zero-order chi connectivity index (χ0) is 25.5. The molecule has 0 N–H and O–H groups in total. The van der Waals surface area contributed by atoms with Crippen molar-refractivity contribution in [3.05, 3.63) is 111 Å². The van der Waals surface area contributed by atoms with E-state index in [9.17, 15) is 35.1 Å². The lowest BCUT2D eigenvalue weighted by molar-refractivity contribution is -0.189.